The van der Waals surface area contributed by atoms with Crippen LogP contribution in [-0.4, -0.2) is 28.1 Å². The highest BCUT2D eigenvalue weighted by atomic mass is 79.9. The highest BCUT2D eigenvalue weighted by Gasteiger charge is 2.08. The first-order valence-corrected chi connectivity index (χ1v) is 9.29. The van der Waals surface area contributed by atoms with Gasteiger partial charge in [0, 0.05) is 29.2 Å². The number of halogens is 1. The van der Waals surface area contributed by atoms with Gasteiger partial charge in [0.1, 0.15) is 0 Å². The van der Waals surface area contributed by atoms with Crippen molar-refractivity contribution in [3.8, 4) is 0 Å². The summed E-state index contributed by atoms with van der Waals surface area (Å²) in [5.41, 5.74) is 2.32. The molecule has 3 aromatic rings. The largest absolute Gasteiger partial charge is 0.352 e. The fourth-order valence-electron chi connectivity index (χ4n) is 2.50. The number of carbonyl (C=O) groups is 2. The van der Waals surface area contributed by atoms with Crippen molar-refractivity contribution < 1.29 is 9.59 Å². The van der Waals surface area contributed by atoms with E-state index in [4.69, 9.17) is 0 Å². The number of amides is 2. The number of anilines is 1. The molecule has 2 amide bonds. The van der Waals surface area contributed by atoms with Crippen molar-refractivity contribution in [3.05, 3.63) is 82.6 Å². The van der Waals surface area contributed by atoms with Crippen molar-refractivity contribution >= 4 is 33.4 Å². The zero-order valence-corrected chi connectivity index (χ0v) is 16.1. The average Bonchev–Trinajstić information content (AvgIpc) is 3.09. The second-order valence-electron chi connectivity index (χ2n) is 5.97. The Balaban J connectivity index is 1.43. The van der Waals surface area contributed by atoms with E-state index < -0.39 is 0 Å². The van der Waals surface area contributed by atoms with E-state index in [9.17, 15) is 9.59 Å². The highest BCUT2D eigenvalue weighted by Crippen LogP contribution is 2.11. The van der Waals surface area contributed by atoms with Gasteiger partial charge in [-0.25, -0.2) is 0 Å². The Kier molecular flexibility index (Phi) is 6.38. The third kappa shape index (κ3) is 5.79. The Morgan fingerprint density at radius 2 is 1.78 bits per heavy atom. The van der Waals surface area contributed by atoms with E-state index >= 15 is 0 Å². The maximum Gasteiger partial charge on any atom is 0.251 e. The normalized spacial score (nSPS) is 10.4. The summed E-state index contributed by atoms with van der Waals surface area (Å²) in [6.45, 7) is 0.902. The van der Waals surface area contributed by atoms with Gasteiger partial charge in [-0.1, -0.05) is 46.3 Å². The minimum absolute atomic E-state index is 0.176. The van der Waals surface area contributed by atoms with Crippen molar-refractivity contribution in [2.75, 3.05) is 11.9 Å². The molecule has 0 aliphatic carbocycles. The lowest BCUT2D eigenvalue weighted by atomic mass is 10.2. The Morgan fingerprint density at radius 1 is 1.04 bits per heavy atom. The topological polar surface area (TPSA) is 76.0 Å². The van der Waals surface area contributed by atoms with Crippen LogP contribution in [0, 0.1) is 0 Å². The fraction of sp³-hybridized carbons (Fsp3) is 0.150. The molecule has 0 aliphatic heterocycles. The van der Waals surface area contributed by atoms with Crippen LogP contribution in [0.5, 0.6) is 0 Å². The van der Waals surface area contributed by atoms with Crippen LogP contribution < -0.4 is 10.6 Å². The number of rotatable bonds is 7. The molecule has 3 rings (SSSR count). The van der Waals surface area contributed by atoms with Crippen LogP contribution in [0.2, 0.25) is 0 Å². The van der Waals surface area contributed by atoms with Crippen molar-refractivity contribution in [2.24, 2.45) is 0 Å². The number of carbonyl (C=O) groups excluding carboxylic acids is 2. The molecule has 138 valence electrons. The molecule has 0 radical (unpaired) electrons. The van der Waals surface area contributed by atoms with Gasteiger partial charge in [-0.05, 0) is 29.8 Å². The molecular formula is C20H19BrN4O2. The third-order valence-electron chi connectivity index (χ3n) is 3.85. The van der Waals surface area contributed by atoms with E-state index in [0.717, 1.165) is 10.0 Å². The van der Waals surface area contributed by atoms with Crippen molar-refractivity contribution in [3.63, 3.8) is 0 Å². The standard InChI is InChI=1S/C20H19BrN4O2/c21-17-8-6-16(7-9-17)20(27)22-11-10-19(26)24-18-12-23-25(14-18)13-15-4-2-1-3-5-15/h1-9,12,14H,10-11,13H2,(H,22,27)(H,24,26). The molecule has 7 heteroatoms. The molecule has 0 bridgehead atoms. The van der Waals surface area contributed by atoms with Gasteiger partial charge in [-0.3, -0.25) is 14.3 Å². The lowest BCUT2D eigenvalue weighted by molar-refractivity contribution is -0.116. The molecule has 6 nitrogen and oxygen atoms in total. The second-order valence-corrected chi connectivity index (χ2v) is 6.89. The SMILES string of the molecule is O=C(CCNC(=O)c1ccc(Br)cc1)Nc1cnn(Cc2ccccc2)c1. The van der Waals surface area contributed by atoms with Crippen molar-refractivity contribution in [1.29, 1.82) is 0 Å². The van der Waals surface area contributed by atoms with Gasteiger partial charge in [0.05, 0.1) is 18.4 Å². The third-order valence-corrected chi connectivity index (χ3v) is 4.38. The Labute approximate surface area is 165 Å². The molecule has 0 spiro atoms. The predicted octanol–water partition coefficient (Wildman–Crippen LogP) is 3.45. The van der Waals surface area contributed by atoms with Crippen molar-refractivity contribution in [1.82, 2.24) is 15.1 Å². The number of nitrogens with zero attached hydrogens (tertiary/aromatic N) is 2. The lowest BCUT2D eigenvalue weighted by Gasteiger charge is -2.06. The average molecular weight is 427 g/mol. The summed E-state index contributed by atoms with van der Waals surface area (Å²) in [6, 6.07) is 17.0. The van der Waals surface area contributed by atoms with Gasteiger partial charge in [-0.2, -0.15) is 5.10 Å². The number of aromatic nitrogens is 2. The summed E-state index contributed by atoms with van der Waals surface area (Å²) in [5, 5.41) is 9.77. The van der Waals surface area contributed by atoms with Gasteiger partial charge >= 0.3 is 0 Å². The summed E-state index contributed by atoms with van der Waals surface area (Å²) in [4.78, 5) is 24.0. The molecular weight excluding hydrogens is 408 g/mol. The zero-order chi connectivity index (χ0) is 19.1. The van der Waals surface area contributed by atoms with Crippen LogP contribution in [0.4, 0.5) is 5.69 Å². The first-order valence-electron chi connectivity index (χ1n) is 8.50. The van der Waals surface area contributed by atoms with Gasteiger partial charge in [-0.15, -0.1) is 0 Å². The molecule has 2 N–H and O–H groups in total. The van der Waals surface area contributed by atoms with Gasteiger partial charge in [0.15, 0.2) is 0 Å². The molecule has 0 unspecified atom stereocenters. The molecule has 1 heterocycles. The number of nitrogens with one attached hydrogen (secondary N) is 2. The van der Waals surface area contributed by atoms with E-state index in [2.05, 4.69) is 31.7 Å². The van der Waals surface area contributed by atoms with Crippen LogP contribution in [0.25, 0.3) is 0 Å². The fourth-order valence-corrected chi connectivity index (χ4v) is 2.77. The van der Waals surface area contributed by atoms with E-state index in [1.807, 2.05) is 30.3 Å². The first-order chi connectivity index (χ1) is 13.1. The maximum absolute atomic E-state index is 12.0. The highest BCUT2D eigenvalue weighted by molar-refractivity contribution is 9.10. The molecule has 0 saturated carbocycles. The quantitative estimate of drug-likeness (QED) is 0.607. The summed E-state index contributed by atoms with van der Waals surface area (Å²) < 4.78 is 2.67. The Hall–Kier alpha value is -2.93. The first kappa shape index (κ1) is 18.8. The monoisotopic (exact) mass is 426 g/mol. The summed E-state index contributed by atoms with van der Waals surface area (Å²) in [7, 11) is 0. The van der Waals surface area contributed by atoms with Crippen LogP contribution >= 0.6 is 15.9 Å². The van der Waals surface area contributed by atoms with Crippen LogP contribution in [0.3, 0.4) is 0 Å². The van der Waals surface area contributed by atoms with E-state index in [0.29, 0.717) is 17.8 Å². The molecule has 1 aromatic heterocycles. The molecule has 0 fully saturated rings. The van der Waals surface area contributed by atoms with Gasteiger partial charge in [0.25, 0.3) is 5.91 Å². The van der Waals surface area contributed by atoms with Crippen LogP contribution in [0.15, 0.2) is 71.5 Å². The molecule has 0 aliphatic rings. The molecule has 27 heavy (non-hydrogen) atoms. The zero-order valence-electron chi connectivity index (χ0n) is 14.6. The minimum atomic E-state index is -0.203. The summed E-state index contributed by atoms with van der Waals surface area (Å²) in [5.74, 6) is -0.378. The minimum Gasteiger partial charge on any atom is -0.352 e. The number of hydrogen-bond donors (Lipinski definition) is 2. The van der Waals surface area contributed by atoms with E-state index in [1.54, 1.807) is 41.3 Å². The van der Waals surface area contributed by atoms with Crippen LogP contribution in [0.1, 0.15) is 22.3 Å². The predicted molar refractivity (Wildman–Crippen MR) is 107 cm³/mol. The van der Waals surface area contributed by atoms with E-state index in [1.165, 1.54) is 0 Å². The van der Waals surface area contributed by atoms with Gasteiger partial charge in [0.2, 0.25) is 5.91 Å². The smallest absolute Gasteiger partial charge is 0.251 e. The van der Waals surface area contributed by atoms with Crippen molar-refractivity contribution in [2.45, 2.75) is 13.0 Å². The van der Waals surface area contributed by atoms with E-state index in [-0.39, 0.29) is 24.8 Å². The second kappa shape index (κ2) is 9.14. The number of hydrogen-bond acceptors (Lipinski definition) is 3. The van der Waals surface area contributed by atoms with Gasteiger partial charge < -0.3 is 10.6 Å². The lowest BCUT2D eigenvalue weighted by Crippen LogP contribution is -2.27. The maximum atomic E-state index is 12.0. The number of benzene rings is 2. The Morgan fingerprint density at radius 3 is 2.52 bits per heavy atom. The Bertz CT molecular complexity index is 907. The molecule has 0 atom stereocenters. The summed E-state index contributed by atoms with van der Waals surface area (Å²) in [6.07, 6.45) is 3.58. The molecule has 0 saturated heterocycles. The molecule has 2 aromatic carbocycles. The summed E-state index contributed by atoms with van der Waals surface area (Å²) >= 11 is 3.33. The van der Waals surface area contributed by atoms with Crippen LogP contribution in [-0.2, 0) is 11.3 Å².